The minimum absolute atomic E-state index is 0.114. The van der Waals surface area contributed by atoms with E-state index in [-0.39, 0.29) is 11.8 Å². The predicted molar refractivity (Wildman–Crippen MR) is 137 cm³/mol. The number of benzene rings is 1. The maximum absolute atomic E-state index is 13.5. The lowest BCUT2D eigenvalue weighted by Crippen LogP contribution is -2.50. The number of rotatable bonds is 9. The van der Waals surface area contributed by atoms with Crippen molar-refractivity contribution in [3.05, 3.63) is 41.0 Å². The number of hydrogen-bond acceptors (Lipinski definition) is 10. The molecule has 1 aliphatic rings. The number of amides is 2. The van der Waals surface area contributed by atoms with Crippen LogP contribution in [-0.2, 0) is 22.6 Å². The van der Waals surface area contributed by atoms with E-state index in [1.54, 1.807) is 27.2 Å². The largest absolute Gasteiger partial charge is 0.493 e. The van der Waals surface area contributed by atoms with Gasteiger partial charge < -0.3 is 28.7 Å². The summed E-state index contributed by atoms with van der Waals surface area (Å²) in [5, 5.41) is 10.9. The topological polar surface area (TPSA) is 136 Å². The molecule has 2 amide bonds. The molecule has 0 spiro atoms. The molecule has 3 aromatic rings. The van der Waals surface area contributed by atoms with E-state index >= 15 is 0 Å². The van der Waals surface area contributed by atoms with Crippen LogP contribution in [0.3, 0.4) is 0 Å². The van der Waals surface area contributed by atoms with Crippen LogP contribution in [0.2, 0.25) is 0 Å². The summed E-state index contributed by atoms with van der Waals surface area (Å²) in [7, 11) is 3.13. The average Bonchev–Trinajstić information content (AvgIpc) is 3.40. The lowest BCUT2D eigenvalue weighted by atomic mass is 10.0. The molecule has 2 aromatic heterocycles. The van der Waals surface area contributed by atoms with Gasteiger partial charge >= 0.3 is 0 Å². The molecule has 0 bridgehead atoms. The van der Waals surface area contributed by atoms with E-state index in [1.165, 1.54) is 6.92 Å². The first kappa shape index (κ1) is 27.1. The minimum atomic E-state index is -0.688. The van der Waals surface area contributed by atoms with Crippen LogP contribution in [0.4, 0.5) is 0 Å². The Labute approximate surface area is 221 Å². The van der Waals surface area contributed by atoms with E-state index in [0.29, 0.717) is 67.3 Å². The first-order valence-corrected chi connectivity index (χ1v) is 12.5. The number of methoxy groups -OCH3 is 2. The van der Waals surface area contributed by atoms with Gasteiger partial charge in [0.25, 0.3) is 5.89 Å². The summed E-state index contributed by atoms with van der Waals surface area (Å²) < 4.78 is 21.3. The molecule has 0 radical (unpaired) electrons. The van der Waals surface area contributed by atoms with E-state index in [4.69, 9.17) is 18.5 Å². The van der Waals surface area contributed by atoms with Gasteiger partial charge in [-0.2, -0.15) is 4.98 Å². The van der Waals surface area contributed by atoms with Gasteiger partial charge in [-0.1, -0.05) is 16.4 Å². The SMILES string of the molecule is COc1ccc(CC(NC(C)=O)C(=O)N2CCCN(Cc3noc(-c4c(C)noc4C)n3)CC2)cc1OC. The molecular formula is C26H34N6O6. The second-order valence-electron chi connectivity index (χ2n) is 9.32. The van der Waals surface area contributed by atoms with Crippen molar-refractivity contribution in [2.75, 3.05) is 40.4 Å². The van der Waals surface area contributed by atoms with Gasteiger partial charge in [0.1, 0.15) is 17.4 Å². The van der Waals surface area contributed by atoms with Crippen molar-refractivity contribution in [2.24, 2.45) is 0 Å². The van der Waals surface area contributed by atoms with Gasteiger partial charge in [0.15, 0.2) is 17.3 Å². The Bertz CT molecular complexity index is 1250. The van der Waals surface area contributed by atoms with Crippen LogP contribution in [0.25, 0.3) is 11.5 Å². The highest BCUT2D eigenvalue weighted by molar-refractivity contribution is 5.87. The third kappa shape index (κ3) is 6.31. The number of nitrogens with one attached hydrogen (secondary N) is 1. The summed E-state index contributed by atoms with van der Waals surface area (Å²) in [4.78, 5) is 34.0. The number of hydrogen-bond donors (Lipinski definition) is 1. The van der Waals surface area contributed by atoms with E-state index in [1.807, 2.05) is 24.0 Å². The van der Waals surface area contributed by atoms with E-state index in [2.05, 4.69) is 25.5 Å². The van der Waals surface area contributed by atoms with Gasteiger partial charge in [-0.25, -0.2) is 0 Å². The Kier molecular flexibility index (Phi) is 8.62. The van der Waals surface area contributed by atoms with Crippen LogP contribution in [0.15, 0.2) is 27.2 Å². The fraction of sp³-hybridized carbons (Fsp3) is 0.500. The summed E-state index contributed by atoms with van der Waals surface area (Å²) in [5.74, 6) is 2.38. The molecule has 12 nitrogen and oxygen atoms in total. The molecule has 1 aliphatic heterocycles. The molecule has 0 aliphatic carbocycles. The first-order chi connectivity index (χ1) is 18.3. The molecule has 1 unspecified atom stereocenters. The molecule has 1 saturated heterocycles. The Morgan fingerprint density at radius 1 is 1.05 bits per heavy atom. The van der Waals surface area contributed by atoms with Crippen molar-refractivity contribution in [3.8, 4) is 23.0 Å². The molecule has 1 N–H and O–H groups in total. The summed E-state index contributed by atoms with van der Waals surface area (Å²) in [6, 6.07) is 4.80. The average molecular weight is 527 g/mol. The number of carbonyl (C=O) groups is 2. The zero-order chi connectivity index (χ0) is 27.2. The Hall–Kier alpha value is -3.93. The van der Waals surface area contributed by atoms with Crippen molar-refractivity contribution in [2.45, 2.75) is 46.2 Å². The van der Waals surface area contributed by atoms with Crippen LogP contribution in [0.5, 0.6) is 11.5 Å². The number of aromatic nitrogens is 3. The van der Waals surface area contributed by atoms with E-state index < -0.39 is 6.04 Å². The van der Waals surface area contributed by atoms with Gasteiger partial charge in [-0.15, -0.1) is 0 Å². The molecule has 1 fully saturated rings. The monoisotopic (exact) mass is 526 g/mol. The van der Waals surface area contributed by atoms with E-state index in [9.17, 15) is 9.59 Å². The van der Waals surface area contributed by atoms with Crippen molar-refractivity contribution >= 4 is 11.8 Å². The zero-order valence-corrected chi connectivity index (χ0v) is 22.4. The Morgan fingerprint density at radius 3 is 2.53 bits per heavy atom. The van der Waals surface area contributed by atoms with Gasteiger partial charge in [0, 0.05) is 39.5 Å². The fourth-order valence-corrected chi connectivity index (χ4v) is 4.67. The molecular weight excluding hydrogens is 492 g/mol. The molecule has 38 heavy (non-hydrogen) atoms. The van der Waals surface area contributed by atoms with E-state index in [0.717, 1.165) is 24.1 Å². The molecule has 4 rings (SSSR count). The number of carbonyl (C=O) groups excluding carboxylic acids is 2. The van der Waals surface area contributed by atoms with Crippen LogP contribution >= 0.6 is 0 Å². The van der Waals surface area contributed by atoms with Crippen LogP contribution in [0.1, 0.15) is 36.2 Å². The normalized spacial score (nSPS) is 15.1. The molecule has 1 atom stereocenters. The van der Waals surface area contributed by atoms with Gasteiger partial charge in [-0.05, 0) is 38.0 Å². The smallest absolute Gasteiger partial charge is 0.263 e. The molecule has 0 saturated carbocycles. The fourth-order valence-electron chi connectivity index (χ4n) is 4.67. The Morgan fingerprint density at radius 2 is 1.84 bits per heavy atom. The predicted octanol–water partition coefficient (Wildman–Crippen LogP) is 2.14. The highest BCUT2D eigenvalue weighted by Crippen LogP contribution is 2.28. The van der Waals surface area contributed by atoms with Gasteiger partial charge in [-0.3, -0.25) is 14.5 Å². The molecule has 1 aromatic carbocycles. The van der Waals surface area contributed by atoms with Crippen molar-refractivity contribution in [3.63, 3.8) is 0 Å². The first-order valence-electron chi connectivity index (χ1n) is 12.5. The lowest BCUT2D eigenvalue weighted by Gasteiger charge is -2.27. The van der Waals surface area contributed by atoms with Crippen LogP contribution in [-0.4, -0.2) is 83.4 Å². The van der Waals surface area contributed by atoms with Gasteiger partial charge in [0.2, 0.25) is 11.8 Å². The highest BCUT2D eigenvalue weighted by atomic mass is 16.5. The lowest BCUT2D eigenvalue weighted by molar-refractivity contribution is -0.136. The molecule has 204 valence electrons. The second-order valence-corrected chi connectivity index (χ2v) is 9.32. The van der Waals surface area contributed by atoms with Crippen molar-refractivity contribution in [1.82, 2.24) is 30.4 Å². The van der Waals surface area contributed by atoms with Crippen molar-refractivity contribution < 1.29 is 28.1 Å². The Balaban J connectivity index is 1.39. The maximum atomic E-state index is 13.5. The van der Waals surface area contributed by atoms with Crippen LogP contribution in [0, 0.1) is 13.8 Å². The van der Waals surface area contributed by atoms with Crippen LogP contribution < -0.4 is 14.8 Å². The number of ether oxygens (including phenoxy) is 2. The minimum Gasteiger partial charge on any atom is -0.493 e. The summed E-state index contributed by atoms with van der Waals surface area (Å²) in [6.07, 6.45) is 1.12. The van der Waals surface area contributed by atoms with Gasteiger partial charge in [0.05, 0.1) is 26.5 Å². The number of nitrogens with zero attached hydrogens (tertiary/aromatic N) is 5. The van der Waals surface area contributed by atoms with Crippen molar-refractivity contribution in [1.29, 1.82) is 0 Å². The summed E-state index contributed by atoms with van der Waals surface area (Å²) in [5.41, 5.74) is 2.27. The summed E-state index contributed by atoms with van der Waals surface area (Å²) >= 11 is 0. The zero-order valence-electron chi connectivity index (χ0n) is 22.4. The second kappa shape index (κ2) is 12.1. The third-order valence-electron chi connectivity index (χ3n) is 6.54. The summed E-state index contributed by atoms with van der Waals surface area (Å²) in [6.45, 7) is 8.08. The molecule has 3 heterocycles. The standard InChI is InChI=1S/C26H34N6O6/c1-16-24(17(2)37-29-16)25-28-23(30-38-25)15-31-9-6-10-32(12-11-31)26(34)20(27-18(3)33)13-19-7-8-21(35-4)22(14-19)36-5/h7-8,14,20H,6,9-13,15H2,1-5H3,(H,27,33). The number of aryl methyl sites for hydroxylation is 2. The highest BCUT2D eigenvalue weighted by Gasteiger charge is 2.28. The molecule has 12 heteroatoms. The quantitative estimate of drug-likeness (QED) is 0.442. The maximum Gasteiger partial charge on any atom is 0.263 e. The third-order valence-corrected chi connectivity index (χ3v) is 6.54.